The Morgan fingerprint density at radius 1 is 1.38 bits per heavy atom. The van der Waals surface area contributed by atoms with Gasteiger partial charge in [0.15, 0.2) is 0 Å². The van der Waals surface area contributed by atoms with Crippen LogP contribution in [0.25, 0.3) is 0 Å². The highest BCUT2D eigenvalue weighted by Crippen LogP contribution is 2.18. The van der Waals surface area contributed by atoms with Crippen molar-refractivity contribution in [3.05, 3.63) is 12.4 Å². The van der Waals surface area contributed by atoms with Crippen LogP contribution in [0, 0.1) is 0 Å². The van der Waals surface area contributed by atoms with Gasteiger partial charge in [-0.15, -0.1) is 0 Å². The molecule has 1 aliphatic heterocycles. The number of methoxy groups -OCH3 is 1. The Morgan fingerprint density at radius 3 is 3.00 bits per heavy atom. The minimum atomic E-state index is 0.525. The Kier molecular flexibility index (Phi) is 6.69. The summed E-state index contributed by atoms with van der Waals surface area (Å²) in [6, 6.07) is 2.44. The molecule has 1 N–H and O–H groups in total. The van der Waals surface area contributed by atoms with E-state index in [1.54, 1.807) is 13.4 Å². The summed E-state index contributed by atoms with van der Waals surface area (Å²) in [6.07, 6.45) is 5.01. The van der Waals surface area contributed by atoms with Crippen molar-refractivity contribution in [2.75, 3.05) is 44.9 Å². The van der Waals surface area contributed by atoms with Gasteiger partial charge >= 0.3 is 0 Å². The molecule has 6 heteroatoms. The van der Waals surface area contributed by atoms with Gasteiger partial charge in [0.05, 0.1) is 13.2 Å². The zero-order chi connectivity index (χ0) is 14.9. The maximum Gasteiger partial charge on any atom is 0.218 e. The average Bonchev–Trinajstić information content (AvgIpc) is 3.02. The second-order valence-corrected chi connectivity index (χ2v) is 5.29. The maximum atomic E-state index is 5.60. The first kappa shape index (κ1) is 16.0. The van der Waals surface area contributed by atoms with Crippen molar-refractivity contribution in [3.8, 4) is 5.88 Å². The first-order valence-electron chi connectivity index (χ1n) is 7.75. The molecule has 21 heavy (non-hydrogen) atoms. The smallest absolute Gasteiger partial charge is 0.218 e. The quantitative estimate of drug-likeness (QED) is 0.744. The van der Waals surface area contributed by atoms with E-state index in [1.165, 1.54) is 12.8 Å². The van der Waals surface area contributed by atoms with Crippen molar-refractivity contribution in [2.24, 2.45) is 0 Å². The van der Waals surface area contributed by atoms with E-state index in [4.69, 9.17) is 9.47 Å². The molecule has 1 saturated heterocycles. The predicted octanol–water partition coefficient (Wildman–Crippen LogP) is 1.47. The Balaban J connectivity index is 2.03. The largest absolute Gasteiger partial charge is 0.478 e. The summed E-state index contributed by atoms with van der Waals surface area (Å²) < 4.78 is 10.8. The lowest BCUT2D eigenvalue weighted by Gasteiger charge is -2.26. The fourth-order valence-corrected chi connectivity index (χ4v) is 2.47. The van der Waals surface area contributed by atoms with Gasteiger partial charge in [0.2, 0.25) is 5.88 Å². The van der Waals surface area contributed by atoms with Crippen LogP contribution in [0.1, 0.15) is 26.2 Å². The van der Waals surface area contributed by atoms with Gasteiger partial charge in [-0.05, 0) is 25.8 Å². The summed E-state index contributed by atoms with van der Waals surface area (Å²) in [6.45, 7) is 6.31. The molecule has 0 saturated carbocycles. The van der Waals surface area contributed by atoms with Crippen LogP contribution in [0.2, 0.25) is 0 Å². The van der Waals surface area contributed by atoms with Crippen molar-refractivity contribution in [1.82, 2.24) is 15.3 Å². The lowest BCUT2D eigenvalue weighted by atomic mass is 10.2. The van der Waals surface area contributed by atoms with E-state index in [9.17, 15) is 0 Å². The molecule has 118 valence electrons. The predicted molar refractivity (Wildman–Crippen MR) is 82.9 cm³/mol. The lowest BCUT2D eigenvalue weighted by molar-refractivity contribution is 0.204. The van der Waals surface area contributed by atoms with Crippen molar-refractivity contribution >= 4 is 5.82 Å². The Hall–Kier alpha value is -1.40. The van der Waals surface area contributed by atoms with Crippen molar-refractivity contribution in [3.63, 3.8) is 0 Å². The summed E-state index contributed by atoms with van der Waals surface area (Å²) in [4.78, 5) is 10.8. The molecule has 2 rings (SSSR count). The number of aromatic nitrogens is 2. The van der Waals surface area contributed by atoms with Gasteiger partial charge in [-0.2, -0.15) is 0 Å². The zero-order valence-corrected chi connectivity index (χ0v) is 13.0. The average molecular weight is 294 g/mol. The third-order valence-corrected chi connectivity index (χ3v) is 3.57. The number of nitrogens with zero attached hydrogens (tertiary/aromatic N) is 3. The maximum absolute atomic E-state index is 5.60. The molecule has 1 unspecified atom stereocenters. The highest BCUT2D eigenvalue weighted by atomic mass is 16.5. The van der Waals surface area contributed by atoms with E-state index in [0.29, 0.717) is 25.1 Å². The molecule has 0 bridgehead atoms. The van der Waals surface area contributed by atoms with Crippen molar-refractivity contribution in [2.45, 2.75) is 32.2 Å². The normalized spacial score (nSPS) is 17.9. The Bertz CT molecular complexity index is 410. The number of hydrogen-bond donors (Lipinski definition) is 1. The molecule has 0 radical (unpaired) electrons. The number of nitrogens with one attached hydrogen (secondary N) is 1. The van der Waals surface area contributed by atoms with Crippen LogP contribution in [0.3, 0.4) is 0 Å². The SMILES string of the molecule is CCCOc1cc(N(CCOC)CC2CCCN2)ncn1. The summed E-state index contributed by atoms with van der Waals surface area (Å²) in [5.41, 5.74) is 0. The van der Waals surface area contributed by atoms with Crippen LogP contribution >= 0.6 is 0 Å². The van der Waals surface area contributed by atoms with Gasteiger partial charge in [0.25, 0.3) is 0 Å². The summed E-state index contributed by atoms with van der Waals surface area (Å²) in [7, 11) is 1.72. The van der Waals surface area contributed by atoms with E-state index in [0.717, 1.165) is 31.9 Å². The second-order valence-electron chi connectivity index (χ2n) is 5.29. The van der Waals surface area contributed by atoms with Crippen LogP contribution in [-0.2, 0) is 4.74 Å². The molecule has 0 aromatic carbocycles. The van der Waals surface area contributed by atoms with E-state index in [1.807, 2.05) is 6.07 Å². The molecular formula is C15H26N4O2. The summed E-state index contributed by atoms with van der Waals surface area (Å²) in [5, 5.41) is 3.53. The monoisotopic (exact) mass is 294 g/mol. The molecule has 0 amide bonds. The van der Waals surface area contributed by atoms with Gasteiger partial charge in [0, 0.05) is 32.3 Å². The fourth-order valence-electron chi connectivity index (χ4n) is 2.47. The van der Waals surface area contributed by atoms with E-state index >= 15 is 0 Å². The molecule has 0 spiro atoms. The third-order valence-electron chi connectivity index (χ3n) is 3.57. The van der Waals surface area contributed by atoms with Gasteiger partial charge in [0.1, 0.15) is 12.1 Å². The summed E-state index contributed by atoms with van der Waals surface area (Å²) >= 11 is 0. The minimum Gasteiger partial charge on any atom is -0.478 e. The highest BCUT2D eigenvalue weighted by molar-refractivity contribution is 5.41. The van der Waals surface area contributed by atoms with Crippen molar-refractivity contribution in [1.29, 1.82) is 0 Å². The van der Waals surface area contributed by atoms with Crippen LogP contribution in [0.5, 0.6) is 5.88 Å². The number of rotatable bonds is 9. The first-order valence-corrected chi connectivity index (χ1v) is 7.75. The second kappa shape index (κ2) is 8.79. The van der Waals surface area contributed by atoms with Crippen LogP contribution in [0.15, 0.2) is 12.4 Å². The van der Waals surface area contributed by atoms with E-state index in [2.05, 4.69) is 27.1 Å². The molecule has 0 aliphatic carbocycles. The molecular weight excluding hydrogens is 268 g/mol. The van der Waals surface area contributed by atoms with Crippen molar-refractivity contribution < 1.29 is 9.47 Å². The zero-order valence-electron chi connectivity index (χ0n) is 13.0. The molecule has 1 aliphatic rings. The van der Waals surface area contributed by atoms with Gasteiger partial charge in [-0.3, -0.25) is 0 Å². The highest BCUT2D eigenvalue weighted by Gasteiger charge is 2.19. The van der Waals surface area contributed by atoms with E-state index < -0.39 is 0 Å². The summed E-state index contributed by atoms with van der Waals surface area (Å²) in [5.74, 6) is 1.55. The molecule has 1 fully saturated rings. The molecule has 1 aromatic rings. The van der Waals surface area contributed by atoms with Crippen LogP contribution in [-0.4, -0.2) is 56.0 Å². The molecule has 6 nitrogen and oxygen atoms in total. The Labute approximate surface area is 126 Å². The molecule has 2 heterocycles. The fraction of sp³-hybridized carbons (Fsp3) is 0.733. The first-order chi connectivity index (χ1) is 10.3. The van der Waals surface area contributed by atoms with Crippen LogP contribution < -0.4 is 15.0 Å². The van der Waals surface area contributed by atoms with Gasteiger partial charge in [-0.1, -0.05) is 6.92 Å². The van der Waals surface area contributed by atoms with Gasteiger partial charge in [-0.25, -0.2) is 9.97 Å². The number of anilines is 1. The molecule has 1 atom stereocenters. The Morgan fingerprint density at radius 2 is 2.29 bits per heavy atom. The standard InChI is InChI=1S/C15H26N4O2/c1-3-8-21-15-10-14(17-12-18-15)19(7-9-20-2)11-13-5-4-6-16-13/h10,12-13,16H,3-9,11H2,1-2H3. The van der Waals surface area contributed by atoms with Crippen LogP contribution in [0.4, 0.5) is 5.82 Å². The number of ether oxygens (including phenoxy) is 2. The third kappa shape index (κ3) is 5.13. The minimum absolute atomic E-state index is 0.525. The lowest BCUT2D eigenvalue weighted by Crippen LogP contribution is -2.39. The van der Waals surface area contributed by atoms with E-state index in [-0.39, 0.29) is 0 Å². The molecule has 1 aromatic heterocycles. The number of hydrogen-bond acceptors (Lipinski definition) is 6. The van der Waals surface area contributed by atoms with Gasteiger partial charge < -0.3 is 19.7 Å². The topological polar surface area (TPSA) is 59.5 Å².